The molecule has 3 nitrogen and oxygen atoms in total. The van der Waals surface area contributed by atoms with Crippen LogP contribution in [0.5, 0.6) is 11.5 Å². The highest BCUT2D eigenvalue weighted by Crippen LogP contribution is 2.10. The van der Waals surface area contributed by atoms with Crippen LogP contribution >= 0.6 is 0 Å². The highest BCUT2D eigenvalue weighted by Gasteiger charge is 1.93. The zero-order chi connectivity index (χ0) is 13.7. The molecule has 1 N–H and O–H groups in total. The molecule has 3 heteroatoms. The number of methoxy groups -OCH3 is 1. The second-order valence-electron chi connectivity index (χ2n) is 3.85. The van der Waals surface area contributed by atoms with Crippen molar-refractivity contribution in [3.8, 4) is 23.3 Å². The fourth-order valence-corrected chi connectivity index (χ4v) is 1.46. The predicted octanol–water partition coefficient (Wildman–Crippen LogP) is 2.16. The van der Waals surface area contributed by atoms with Crippen molar-refractivity contribution < 1.29 is 9.84 Å². The molecule has 0 unspecified atom stereocenters. The van der Waals surface area contributed by atoms with Crippen LogP contribution in [0.25, 0.3) is 0 Å². The van der Waals surface area contributed by atoms with Gasteiger partial charge in [0.2, 0.25) is 5.43 Å². The smallest absolute Gasteiger partial charge is 0.220 e. The third-order valence-electron chi connectivity index (χ3n) is 2.53. The summed E-state index contributed by atoms with van der Waals surface area (Å²) in [4.78, 5) is 11.2. The van der Waals surface area contributed by atoms with Gasteiger partial charge in [0.25, 0.3) is 0 Å². The van der Waals surface area contributed by atoms with Gasteiger partial charge >= 0.3 is 0 Å². The highest BCUT2D eigenvalue weighted by molar-refractivity contribution is 5.44. The minimum absolute atomic E-state index is 0.280. The molecule has 19 heavy (non-hydrogen) atoms. The van der Waals surface area contributed by atoms with Gasteiger partial charge in [-0.1, -0.05) is 11.8 Å². The van der Waals surface area contributed by atoms with Gasteiger partial charge in [0, 0.05) is 11.1 Å². The minimum Gasteiger partial charge on any atom is -0.504 e. The Kier molecular flexibility index (Phi) is 3.84. The molecule has 0 aliphatic carbocycles. The highest BCUT2D eigenvalue weighted by atomic mass is 16.5. The molecule has 94 valence electrons. The molecular formula is C16H12O3. The van der Waals surface area contributed by atoms with E-state index in [1.165, 1.54) is 12.1 Å². The number of benzene rings is 1. The third-order valence-corrected chi connectivity index (χ3v) is 2.53. The Morgan fingerprint density at radius 3 is 2.00 bits per heavy atom. The lowest BCUT2D eigenvalue weighted by Crippen LogP contribution is -1.91. The molecule has 0 fully saturated rings. The van der Waals surface area contributed by atoms with Crippen molar-refractivity contribution in [1.82, 2.24) is 0 Å². The van der Waals surface area contributed by atoms with Crippen molar-refractivity contribution in [3.63, 3.8) is 0 Å². The standard InChI is InChI=1S/C16H12O3/c1-19-14-8-4-12(5-9-14)2-3-13-6-10-15(17)16(18)11-7-13/h4-11H,1H3,(H,17,18). The summed E-state index contributed by atoms with van der Waals surface area (Å²) in [6.07, 6.45) is 0. The fourth-order valence-electron chi connectivity index (χ4n) is 1.46. The Balaban J connectivity index is 2.28. The van der Waals surface area contributed by atoms with Crippen molar-refractivity contribution in [3.05, 3.63) is 69.9 Å². The topological polar surface area (TPSA) is 46.5 Å². The van der Waals surface area contributed by atoms with Gasteiger partial charge in [0.1, 0.15) is 5.75 Å². The summed E-state index contributed by atoms with van der Waals surface area (Å²) in [5, 5.41) is 9.27. The van der Waals surface area contributed by atoms with E-state index < -0.39 is 5.43 Å². The summed E-state index contributed by atoms with van der Waals surface area (Å²) in [5.74, 6) is 6.40. The molecule has 0 aromatic heterocycles. The summed E-state index contributed by atoms with van der Waals surface area (Å²) in [7, 11) is 1.61. The molecular weight excluding hydrogens is 240 g/mol. The van der Waals surface area contributed by atoms with Crippen molar-refractivity contribution in [2.24, 2.45) is 0 Å². The maximum Gasteiger partial charge on any atom is 0.220 e. The molecule has 0 radical (unpaired) electrons. The Labute approximate surface area is 111 Å². The van der Waals surface area contributed by atoms with Gasteiger partial charge < -0.3 is 9.84 Å². The summed E-state index contributed by atoms with van der Waals surface area (Å²) >= 11 is 0. The van der Waals surface area contributed by atoms with Crippen LogP contribution in [-0.2, 0) is 0 Å². The average molecular weight is 252 g/mol. The van der Waals surface area contributed by atoms with Crippen molar-refractivity contribution >= 4 is 0 Å². The van der Waals surface area contributed by atoms with Gasteiger partial charge in [-0.25, -0.2) is 0 Å². The van der Waals surface area contributed by atoms with Gasteiger partial charge in [-0.05, 0) is 48.5 Å². The molecule has 0 aliphatic rings. The molecule has 0 saturated heterocycles. The van der Waals surface area contributed by atoms with E-state index >= 15 is 0 Å². The summed E-state index contributed by atoms with van der Waals surface area (Å²) in [6, 6.07) is 13.2. The maximum atomic E-state index is 11.2. The van der Waals surface area contributed by atoms with Gasteiger partial charge in [-0.3, -0.25) is 4.79 Å². The molecule has 2 aromatic carbocycles. The van der Waals surface area contributed by atoms with Crippen LogP contribution < -0.4 is 10.2 Å². The first-order valence-electron chi connectivity index (χ1n) is 5.68. The van der Waals surface area contributed by atoms with E-state index in [-0.39, 0.29) is 5.75 Å². The van der Waals surface area contributed by atoms with Crippen LogP contribution in [0.2, 0.25) is 0 Å². The predicted molar refractivity (Wildman–Crippen MR) is 73.4 cm³/mol. The first kappa shape index (κ1) is 12.7. The van der Waals surface area contributed by atoms with Crippen LogP contribution in [0, 0.1) is 11.8 Å². The zero-order valence-corrected chi connectivity index (χ0v) is 10.4. The van der Waals surface area contributed by atoms with Crippen LogP contribution in [-0.4, -0.2) is 12.2 Å². The molecule has 0 amide bonds. The Morgan fingerprint density at radius 1 is 0.895 bits per heavy atom. The number of ether oxygens (including phenoxy) is 1. The molecule has 2 rings (SSSR count). The van der Waals surface area contributed by atoms with Gasteiger partial charge in [-0.15, -0.1) is 0 Å². The summed E-state index contributed by atoms with van der Waals surface area (Å²) < 4.78 is 5.06. The number of rotatable bonds is 1. The SMILES string of the molecule is COc1ccc(C#Cc2ccc(O)c(=O)cc2)cc1. The fraction of sp³-hybridized carbons (Fsp3) is 0.0625. The van der Waals surface area contributed by atoms with Gasteiger partial charge in [-0.2, -0.15) is 0 Å². The van der Waals surface area contributed by atoms with Crippen LogP contribution in [0.15, 0.2) is 53.3 Å². The minimum atomic E-state index is -0.419. The van der Waals surface area contributed by atoms with E-state index in [4.69, 9.17) is 4.74 Å². The Hall–Kier alpha value is -2.73. The van der Waals surface area contributed by atoms with E-state index in [9.17, 15) is 9.90 Å². The molecule has 0 aliphatic heterocycles. The zero-order valence-electron chi connectivity index (χ0n) is 10.4. The third kappa shape index (κ3) is 3.36. The monoisotopic (exact) mass is 252 g/mol. The quantitative estimate of drug-likeness (QED) is 0.791. The maximum absolute atomic E-state index is 11.2. The van der Waals surface area contributed by atoms with E-state index in [1.807, 2.05) is 24.3 Å². The van der Waals surface area contributed by atoms with Crippen LogP contribution in [0.1, 0.15) is 11.1 Å². The second-order valence-corrected chi connectivity index (χ2v) is 3.85. The van der Waals surface area contributed by atoms with Crippen LogP contribution in [0.3, 0.4) is 0 Å². The molecule has 0 saturated carbocycles. The van der Waals surface area contributed by atoms with Crippen molar-refractivity contribution in [1.29, 1.82) is 0 Å². The lowest BCUT2D eigenvalue weighted by atomic mass is 10.2. The number of hydrogen-bond donors (Lipinski definition) is 1. The van der Waals surface area contributed by atoms with E-state index in [0.29, 0.717) is 5.56 Å². The van der Waals surface area contributed by atoms with Crippen molar-refractivity contribution in [2.45, 2.75) is 0 Å². The summed E-state index contributed by atoms with van der Waals surface area (Å²) in [5.41, 5.74) is 1.09. The first-order chi connectivity index (χ1) is 9.19. The molecule has 0 atom stereocenters. The Morgan fingerprint density at radius 2 is 1.42 bits per heavy atom. The lowest BCUT2D eigenvalue weighted by Gasteiger charge is -1.97. The molecule has 0 bridgehead atoms. The molecule has 0 spiro atoms. The summed E-state index contributed by atoms with van der Waals surface area (Å²) in [6.45, 7) is 0. The molecule has 0 heterocycles. The average Bonchev–Trinajstić information content (AvgIpc) is 2.61. The second kappa shape index (κ2) is 5.74. The number of aromatic hydroxyl groups is 1. The normalized spacial score (nSPS) is 9.32. The van der Waals surface area contributed by atoms with E-state index in [2.05, 4.69) is 11.8 Å². The van der Waals surface area contributed by atoms with Gasteiger partial charge in [0.15, 0.2) is 5.75 Å². The largest absolute Gasteiger partial charge is 0.504 e. The molecule has 2 aromatic rings. The lowest BCUT2D eigenvalue weighted by molar-refractivity contribution is 0.415. The first-order valence-corrected chi connectivity index (χ1v) is 5.68. The Bertz CT molecular complexity index is 692. The van der Waals surface area contributed by atoms with Crippen LogP contribution in [0.4, 0.5) is 0 Å². The van der Waals surface area contributed by atoms with Crippen molar-refractivity contribution in [2.75, 3.05) is 7.11 Å². The van der Waals surface area contributed by atoms with E-state index in [1.54, 1.807) is 19.2 Å². The number of hydrogen-bond acceptors (Lipinski definition) is 3. The van der Waals surface area contributed by atoms with E-state index in [0.717, 1.165) is 11.3 Å². The van der Waals surface area contributed by atoms with Gasteiger partial charge in [0.05, 0.1) is 7.11 Å².